The smallest absolute Gasteiger partial charge is 0.254 e. The first-order chi connectivity index (χ1) is 5.65. The molecule has 0 aliphatic carbocycles. The summed E-state index contributed by atoms with van der Waals surface area (Å²) < 4.78 is 36.8. The maximum absolute atomic E-state index is 12.2. The van der Waals surface area contributed by atoms with Crippen LogP contribution in [0.3, 0.4) is 0 Å². The van der Waals surface area contributed by atoms with Gasteiger partial charge in [0.2, 0.25) is 0 Å². The molecule has 12 heavy (non-hydrogen) atoms. The molecular formula is C7H5F3IN. The van der Waals surface area contributed by atoms with Crippen LogP contribution >= 0.6 is 22.6 Å². The number of aromatic nitrogens is 1. The first-order valence-electron chi connectivity index (χ1n) is 3.13. The van der Waals surface area contributed by atoms with Gasteiger partial charge in [0, 0.05) is 9.77 Å². The first-order valence-corrected chi connectivity index (χ1v) is 4.21. The number of nitrogens with zero attached hydrogens (tertiary/aromatic N) is 1. The van der Waals surface area contributed by atoms with Crippen molar-refractivity contribution in [1.82, 2.24) is 4.98 Å². The van der Waals surface area contributed by atoms with Gasteiger partial charge in [-0.2, -0.15) is 0 Å². The summed E-state index contributed by atoms with van der Waals surface area (Å²) in [5.74, 6) is 0. The molecule has 1 nitrogen and oxygen atoms in total. The van der Waals surface area contributed by atoms with Crippen LogP contribution in [-0.4, -0.2) is 4.98 Å². The molecule has 0 radical (unpaired) electrons. The van der Waals surface area contributed by atoms with E-state index in [-0.39, 0.29) is 11.3 Å². The number of alkyl halides is 3. The van der Waals surface area contributed by atoms with Crippen molar-refractivity contribution in [3.63, 3.8) is 0 Å². The molecule has 1 heterocycles. The van der Waals surface area contributed by atoms with Crippen LogP contribution in [0, 0.1) is 3.57 Å². The van der Waals surface area contributed by atoms with Crippen molar-refractivity contribution in [3.05, 3.63) is 27.1 Å². The predicted octanol–water partition coefficient (Wildman–Crippen LogP) is 3.09. The van der Waals surface area contributed by atoms with Crippen LogP contribution in [0.2, 0.25) is 0 Å². The van der Waals surface area contributed by atoms with Crippen molar-refractivity contribution in [2.75, 3.05) is 0 Å². The Hall–Kier alpha value is -0.330. The first kappa shape index (κ1) is 9.76. The van der Waals surface area contributed by atoms with E-state index in [4.69, 9.17) is 0 Å². The highest BCUT2D eigenvalue weighted by Gasteiger charge is 2.10. The van der Waals surface area contributed by atoms with Crippen LogP contribution in [-0.2, 0) is 6.67 Å². The standard InChI is InChI=1S/C7H5F3IN/c8-2-4-1-6(7(9)10)12-3-5(4)11/h1,3,7H,2H2. The molecule has 66 valence electrons. The van der Waals surface area contributed by atoms with Crippen LogP contribution in [0.4, 0.5) is 13.2 Å². The van der Waals surface area contributed by atoms with Gasteiger partial charge in [-0.1, -0.05) is 0 Å². The molecule has 0 saturated carbocycles. The average Bonchev–Trinajstić information content (AvgIpc) is 2.05. The van der Waals surface area contributed by atoms with Crippen molar-refractivity contribution in [3.8, 4) is 0 Å². The monoisotopic (exact) mass is 287 g/mol. The predicted molar refractivity (Wildman–Crippen MR) is 46.7 cm³/mol. The number of rotatable bonds is 2. The van der Waals surface area contributed by atoms with E-state index in [9.17, 15) is 13.2 Å². The van der Waals surface area contributed by atoms with Gasteiger partial charge in [-0.3, -0.25) is 4.98 Å². The Bertz CT molecular complexity index is 277. The lowest BCUT2D eigenvalue weighted by molar-refractivity contribution is 0.146. The van der Waals surface area contributed by atoms with Crippen molar-refractivity contribution in [2.45, 2.75) is 13.1 Å². The van der Waals surface area contributed by atoms with Gasteiger partial charge in [0.15, 0.2) is 0 Å². The molecule has 0 saturated heterocycles. The molecule has 0 atom stereocenters. The molecule has 0 amide bonds. The lowest BCUT2D eigenvalue weighted by Gasteiger charge is -2.02. The van der Waals surface area contributed by atoms with E-state index in [1.165, 1.54) is 6.20 Å². The summed E-state index contributed by atoms with van der Waals surface area (Å²) in [5.41, 5.74) is -0.107. The van der Waals surface area contributed by atoms with E-state index in [0.29, 0.717) is 3.57 Å². The van der Waals surface area contributed by atoms with Gasteiger partial charge in [0.1, 0.15) is 12.4 Å². The highest BCUT2D eigenvalue weighted by atomic mass is 127. The molecule has 1 aromatic heterocycles. The quantitative estimate of drug-likeness (QED) is 0.762. The molecule has 0 unspecified atom stereocenters. The summed E-state index contributed by atoms with van der Waals surface area (Å²) in [4.78, 5) is 3.46. The topological polar surface area (TPSA) is 12.9 Å². The van der Waals surface area contributed by atoms with Crippen LogP contribution < -0.4 is 0 Å². The van der Waals surface area contributed by atoms with Crippen LogP contribution in [0.1, 0.15) is 17.7 Å². The molecule has 0 aliphatic rings. The van der Waals surface area contributed by atoms with E-state index >= 15 is 0 Å². The summed E-state index contributed by atoms with van der Waals surface area (Å²) in [6, 6.07) is 1.09. The summed E-state index contributed by atoms with van der Waals surface area (Å²) >= 11 is 1.85. The molecule has 0 aliphatic heterocycles. The van der Waals surface area contributed by atoms with Gasteiger partial charge in [-0.25, -0.2) is 13.2 Å². The molecular weight excluding hydrogens is 282 g/mol. The van der Waals surface area contributed by atoms with Crippen LogP contribution in [0.5, 0.6) is 0 Å². The third-order valence-corrected chi connectivity index (χ3v) is 2.29. The fraction of sp³-hybridized carbons (Fsp3) is 0.286. The van der Waals surface area contributed by atoms with Gasteiger partial charge >= 0.3 is 0 Å². The molecule has 0 aromatic carbocycles. The minimum absolute atomic E-state index is 0.265. The Balaban J connectivity index is 3.05. The van der Waals surface area contributed by atoms with Gasteiger partial charge in [0.05, 0.1) is 0 Å². The second kappa shape index (κ2) is 4.06. The third kappa shape index (κ3) is 2.09. The number of hydrogen-bond donors (Lipinski definition) is 0. The van der Waals surface area contributed by atoms with Gasteiger partial charge in [-0.05, 0) is 34.2 Å². The van der Waals surface area contributed by atoms with Crippen LogP contribution in [0.25, 0.3) is 0 Å². The molecule has 0 bridgehead atoms. The Morgan fingerprint density at radius 3 is 2.67 bits per heavy atom. The molecule has 0 spiro atoms. The minimum atomic E-state index is -2.63. The Kier molecular flexibility index (Phi) is 3.30. The van der Waals surface area contributed by atoms with E-state index in [0.717, 1.165) is 6.07 Å². The Morgan fingerprint density at radius 2 is 2.17 bits per heavy atom. The largest absolute Gasteiger partial charge is 0.280 e. The van der Waals surface area contributed by atoms with E-state index in [1.807, 2.05) is 22.6 Å². The second-order valence-corrected chi connectivity index (χ2v) is 3.30. The zero-order valence-electron chi connectivity index (χ0n) is 5.90. The Labute approximate surface area is 81.1 Å². The van der Waals surface area contributed by atoms with Crippen molar-refractivity contribution in [1.29, 1.82) is 0 Å². The third-order valence-electron chi connectivity index (χ3n) is 1.32. The average molecular weight is 287 g/mol. The fourth-order valence-electron chi connectivity index (χ4n) is 0.721. The summed E-state index contributed by atoms with van der Waals surface area (Å²) in [6.45, 7) is -0.736. The van der Waals surface area contributed by atoms with E-state index in [1.54, 1.807) is 0 Å². The number of pyridine rings is 1. The highest BCUT2D eigenvalue weighted by Crippen LogP contribution is 2.20. The lowest BCUT2D eigenvalue weighted by atomic mass is 10.2. The summed E-state index contributed by atoms with van der Waals surface area (Å²) in [7, 11) is 0. The zero-order valence-corrected chi connectivity index (χ0v) is 8.06. The Morgan fingerprint density at radius 1 is 1.50 bits per heavy atom. The molecule has 1 rings (SSSR count). The number of halogens is 4. The lowest BCUT2D eigenvalue weighted by Crippen LogP contribution is -1.94. The van der Waals surface area contributed by atoms with Crippen molar-refractivity contribution >= 4 is 22.6 Å². The maximum atomic E-state index is 12.2. The second-order valence-electron chi connectivity index (χ2n) is 2.13. The molecule has 5 heteroatoms. The van der Waals surface area contributed by atoms with E-state index < -0.39 is 13.1 Å². The van der Waals surface area contributed by atoms with Gasteiger partial charge < -0.3 is 0 Å². The van der Waals surface area contributed by atoms with Gasteiger partial charge in [-0.15, -0.1) is 0 Å². The van der Waals surface area contributed by atoms with E-state index in [2.05, 4.69) is 4.98 Å². The molecule has 0 N–H and O–H groups in total. The minimum Gasteiger partial charge on any atom is -0.254 e. The maximum Gasteiger partial charge on any atom is 0.280 e. The molecule has 1 aromatic rings. The zero-order chi connectivity index (χ0) is 9.14. The summed E-state index contributed by atoms with van der Waals surface area (Å²) in [6.07, 6.45) is -1.39. The normalized spacial score (nSPS) is 10.8. The van der Waals surface area contributed by atoms with Crippen molar-refractivity contribution in [2.24, 2.45) is 0 Å². The van der Waals surface area contributed by atoms with Crippen molar-refractivity contribution < 1.29 is 13.2 Å². The van der Waals surface area contributed by atoms with Crippen LogP contribution in [0.15, 0.2) is 12.3 Å². The summed E-state index contributed by atoms with van der Waals surface area (Å²) in [5, 5.41) is 0. The number of hydrogen-bond acceptors (Lipinski definition) is 1. The SMILES string of the molecule is FCc1cc(C(F)F)ncc1I. The molecule has 0 fully saturated rings. The fourth-order valence-corrected chi connectivity index (χ4v) is 1.16. The highest BCUT2D eigenvalue weighted by molar-refractivity contribution is 14.1. The van der Waals surface area contributed by atoms with Gasteiger partial charge in [0.25, 0.3) is 6.43 Å².